The third-order valence-corrected chi connectivity index (χ3v) is 5.70. The third kappa shape index (κ3) is 3.78. The summed E-state index contributed by atoms with van der Waals surface area (Å²) in [4.78, 5) is 32.5. The second kappa shape index (κ2) is 7.36. The number of hydrogen-bond acceptors (Lipinski definition) is 6. The Labute approximate surface area is 159 Å². The molecule has 2 aromatic heterocycles. The van der Waals surface area contributed by atoms with Gasteiger partial charge in [-0.25, -0.2) is 4.98 Å². The highest BCUT2D eigenvalue weighted by Gasteiger charge is 2.19. The van der Waals surface area contributed by atoms with Crippen LogP contribution in [0.3, 0.4) is 0 Å². The molecule has 1 aromatic carbocycles. The van der Waals surface area contributed by atoms with E-state index in [1.54, 1.807) is 41.7 Å². The van der Waals surface area contributed by atoms with E-state index >= 15 is 0 Å². The number of carboxylic acid groups (broad SMARTS) is 1. The average Bonchev–Trinajstić information content (AvgIpc) is 3.04. The summed E-state index contributed by atoms with van der Waals surface area (Å²) in [6, 6.07) is 6.94. The summed E-state index contributed by atoms with van der Waals surface area (Å²) in [5.41, 5.74) is 1.98. The van der Waals surface area contributed by atoms with Crippen LogP contribution in [0.1, 0.15) is 34.7 Å². The minimum atomic E-state index is -1.26. The Morgan fingerprint density at radius 2 is 2.00 bits per heavy atom. The Hall–Kier alpha value is -2.93. The molecule has 27 heavy (non-hydrogen) atoms. The number of rotatable bonds is 5. The van der Waals surface area contributed by atoms with E-state index in [9.17, 15) is 14.7 Å². The molecule has 0 atom stereocenters. The smallest absolute Gasteiger partial charge is 0.260 e. The Morgan fingerprint density at radius 3 is 2.78 bits per heavy atom. The van der Waals surface area contributed by atoms with Crippen molar-refractivity contribution in [2.75, 3.05) is 6.61 Å². The molecule has 0 spiro atoms. The monoisotopic (exact) mass is 381 g/mol. The van der Waals surface area contributed by atoms with Gasteiger partial charge in [0.25, 0.3) is 5.56 Å². The number of aliphatic carboxylic acids is 1. The Balaban J connectivity index is 1.56. The fraction of sp³-hybridized carbons (Fsp3) is 0.250. The maximum Gasteiger partial charge on any atom is 0.260 e. The van der Waals surface area contributed by atoms with Crippen LogP contribution in [0.5, 0.6) is 5.75 Å². The van der Waals surface area contributed by atoms with Gasteiger partial charge in [-0.15, -0.1) is 11.3 Å². The molecular formula is C20H17N2O4S-. The molecule has 0 unspecified atom stereocenters. The van der Waals surface area contributed by atoms with Crippen LogP contribution >= 0.6 is 11.3 Å². The second-order valence-corrected chi connectivity index (χ2v) is 7.49. The zero-order chi connectivity index (χ0) is 18.8. The lowest BCUT2D eigenvalue weighted by Gasteiger charge is -2.09. The van der Waals surface area contributed by atoms with Gasteiger partial charge in [0.1, 0.15) is 23.0 Å². The number of aryl methyl sites for hydroxylation is 2. The number of hydrogen-bond donors (Lipinski definition) is 1. The molecule has 6 nitrogen and oxygen atoms in total. The minimum absolute atomic E-state index is 0.0786. The van der Waals surface area contributed by atoms with Crippen molar-refractivity contribution in [3.05, 3.63) is 56.4 Å². The molecule has 1 aliphatic rings. The Kier molecular flexibility index (Phi) is 4.77. The number of aromatic nitrogens is 2. The van der Waals surface area contributed by atoms with Gasteiger partial charge in [0.05, 0.1) is 11.4 Å². The first-order valence-corrected chi connectivity index (χ1v) is 9.57. The van der Waals surface area contributed by atoms with Crippen molar-refractivity contribution in [3.8, 4) is 5.75 Å². The van der Waals surface area contributed by atoms with Gasteiger partial charge in [-0.1, -0.05) is 18.2 Å². The summed E-state index contributed by atoms with van der Waals surface area (Å²) in [5, 5.41) is 11.2. The first-order valence-electron chi connectivity index (χ1n) is 8.75. The number of fused-ring (bicyclic) bond motifs is 3. The SMILES string of the molecule is O=C([O-])COc1ccc(/C=C/c2nc3sc4c(c3c(=O)[nH]2)CCCC4)cc1. The number of nitrogens with zero attached hydrogens (tertiary/aromatic N) is 1. The molecule has 0 amide bonds. The number of carbonyl (C=O) groups is 1. The predicted molar refractivity (Wildman–Crippen MR) is 103 cm³/mol. The second-order valence-electron chi connectivity index (χ2n) is 6.41. The van der Waals surface area contributed by atoms with Gasteiger partial charge in [-0.05, 0) is 55.0 Å². The third-order valence-electron chi connectivity index (χ3n) is 4.51. The number of aromatic amines is 1. The van der Waals surface area contributed by atoms with Crippen LogP contribution in [-0.2, 0) is 17.6 Å². The molecule has 0 saturated heterocycles. The summed E-state index contributed by atoms with van der Waals surface area (Å²) in [6.45, 7) is -0.481. The molecule has 1 aliphatic carbocycles. The van der Waals surface area contributed by atoms with Crippen LogP contribution in [0.2, 0.25) is 0 Å². The molecule has 0 fully saturated rings. The maximum absolute atomic E-state index is 12.5. The summed E-state index contributed by atoms with van der Waals surface area (Å²) in [6.07, 6.45) is 7.89. The van der Waals surface area contributed by atoms with Crippen molar-refractivity contribution in [1.82, 2.24) is 9.97 Å². The molecular weight excluding hydrogens is 364 g/mol. The quantitative estimate of drug-likeness (QED) is 0.731. The van der Waals surface area contributed by atoms with Crippen molar-refractivity contribution >= 4 is 39.7 Å². The van der Waals surface area contributed by atoms with Crippen molar-refractivity contribution in [2.45, 2.75) is 25.7 Å². The fourth-order valence-corrected chi connectivity index (χ4v) is 4.52. The number of carboxylic acids is 1. The fourth-order valence-electron chi connectivity index (χ4n) is 3.25. The van der Waals surface area contributed by atoms with Crippen LogP contribution in [-0.4, -0.2) is 22.5 Å². The van der Waals surface area contributed by atoms with E-state index in [4.69, 9.17) is 4.74 Å². The molecule has 138 valence electrons. The van der Waals surface area contributed by atoms with Gasteiger partial charge >= 0.3 is 0 Å². The maximum atomic E-state index is 12.5. The normalized spacial score (nSPS) is 13.8. The molecule has 3 aromatic rings. The molecule has 2 heterocycles. The Morgan fingerprint density at radius 1 is 1.22 bits per heavy atom. The molecule has 0 saturated carbocycles. The van der Waals surface area contributed by atoms with E-state index in [0.717, 1.165) is 35.0 Å². The Bertz CT molecular complexity index is 1080. The first kappa shape index (κ1) is 17.5. The summed E-state index contributed by atoms with van der Waals surface area (Å²) >= 11 is 1.62. The minimum Gasteiger partial charge on any atom is -0.546 e. The number of carbonyl (C=O) groups excluding carboxylic acids is 1. The lowest BCUT2D eigenvalue weighted by molar-refractivity contribution is -0.307. The van der Waals surface area contributed by atoms with Crippen LogP contribution in [0.25, 0.3) is 22.4 Å². The lowest BCUT2D eigenvalue weighted by Crippen LogP contribution is -2.28. The predicted octanol–water partition coefficient (Wildman–Crippen LogP) is 2.16. The van der Waals surface area contributed by atoms with E-state index in [0.29, 0.717) is 11.6 Å². The molecule has 1 N–H and O–H groups in total. The zero-order valence-electron chi connectivity index (χ0n) is 14.5. The standard InChI is InChI=1S/C20H18N2O4S/c23-17(24)11-26-13-8-5-12(6-9-13)7-10-16-21-19(25)18-14-3-1-2-4-15(14)27-20(18)22-16/h5-10H,1-4,11H2,(H,23,24)(H,21,22,25)/p-1/b10-7+. The van der Waals surface area contributed by atoms with Gasteiger partial charge < -0.3 is 19.6 Å². The van der Waals surface area contributed by atoms with Gasteiger partial charge in [-0.2, -0.15) is 0 Å². The highest BCUT2D eigenvalue weighted by Crippen LogP contribution is 2.33. The zero-order valence-corrected chi connectivity index (χ0v) is 15.3. The average molecular weight is 381 g/mol. The number of ether oxygens (including phenoxy) is 1. The van der Waals surface area contributed by atoms with E-state index in [2.05, 4.69) is 9.97 Å². The van der Waals surface area contributed by atoms with E-state index in [1.165, 1.54) is 16.9 Å². The van der Waals surface area contributed by atoms with Gasteiger partial charge in [-0.3, -0.25) is 4.79 Å². The number of nitrogens with one attached hydrogen (secondary N) is 1. The van der Waals surface area contributed by atoms with Crippen molar-refractivity contribution in [1.29, 1.82) is 0 Å². The first-order chi connectivity index (χ1) is 13.1. The molecule has 0 radical (unpaired) electrons. The molecule has 7 heteroatoms. The van der Waals surface area contributed by atoms with Gasteiger partial charge in [0.2, 0.25) is 0 Å². The summed E-state index contributed by atoms with van der Waals surface area (Å²) in [7, 11) is 0. The molecule has 0 aliphatic heterocycles. The van der Waals surface area contributed by atoms with Crippen LogP contribution in [0, 0.1) is 0 Å². The van der Waals surface area contributed by atoms with Crippen molar-refractivity contribution < 1.29 is 14.6 Å². The van der Waals surface area contributed by atoms with E-state index < -0.39 is 12.6 Å². The van der Waals surface area contributed by atoms with Crippen LogP contribution < -0.4 is 15.4 Å². The number of thiophene rings is 1. The van der Waals surface area contributed by atoms with E-state index in [1.807, 2.05) is 6.08 Å². The number of H-pyrrole nitrogens is 1. The lowest BCUT2D eigenvalue weighted by atomic mass is 9.97. The van der Waals surface area contributed by atoms with E-state index in [-0.39, 0.29) is 5.56 Å². The molecule has 0 bridgehead atoms. The summed E-state index contributed by atoms with van der Waals surface area (Å²) < 4.78 is 5.04. The van der Waals surface area contributed by atoms with Crippen molar-refractivity contribution in [3.63, 3.8) is 0 Å². The highest BCUT2D eigenvalue weighted by atomic mass is 32.1. The summed E-state index contributed by atoms with van der Waals surface area (Å²) in [5.74, 6) is -0.295. The topological polar surface area (TPSA) is 95.1 Å². The van der Waals surface area contributed by atoms with Gasteiger partial charge in [0.15, 0.2) is 0 Å². The highest BCUT2D eigenvalue weighted by molar-refractivity contribution is 7.18. The molecule has 4 rings (SSSR count). The number of benzene rings is 1. The van der Waals surface area contributed by atoms with Crippen LogP contribution in [0.4, 0.5) is 0 Å². The van der Waals surface area contributed by atoms with Crippen LogP contribution in [0.15, 0.2) is 29.1 Å². The van der Waals surface area contributed by atoms with Gasteiger partial charge in [0, 0.05) is 4.88 Å². The largest absolute Gasteiger partial charge is 0.546 e. The van der Waals surface area contributed by atoms with Crippen molar-refractivity contribution in [2.24, 2.45) is 0 Å².